The van der Waals surface area contributed by atoms with Gasteiger partial charge in [0.2, 0.25) is 0 Å². The van der Waals surface area contributed by atoms with E-state index in [1.54, 1.807) is 16.7 Å². The van der Waals surface area contributed by atoms with Crippen LogP contribution in [0.3, 0.4) is 0 Å². The summed E-state index contributed by atoms with van der Waals surface area (Å²) in [5.41, 5.74) is 4.85. The molecule has 0 radical (unpaired) electrons. The molecule has 19 heavy (non-hydrogen) atoms. The highest BCUT2D eigenvalue weighted by molar-refractivity contribution is 5.34. The van der Waals surface area contributed by atoms with Gasteiger partial charge < -0.3 is 5.32 Å². The van der Waals surface area contributed by atoms with Crippen molar-refractivity contribution in [2.45, 2.75) is 50.9 Å². The van der Waals surface area contributed by atoms with E-state index in [1.807, 2.05) is 0 Å². The third-order valence-corrected chi connectivity index (χ3v) is 4.68. The van der Waals surface area contributed by atoms with E-state index in [4.69, 9.17) is 0 Å². The first-order chi connectivity index (χ1) is 9.43. The Labute approximate surface area is 117 Å². The normalized spacial score (nSPS) is 21.2. The van der Waals surface area contributed by atoms with Gasteiger partial charge in [0.25, 0.3) is 0 Å². The van der Waals surface area contributed by atoms with Gasteiger partial charge in [-0.3, -0.25) is 0 Å². The first-order valence-corrected chi connectivity index (χ1v) is 7.90. The highest BCUT2D eigenvalue weighted by Gasteiger charge is 2.18. The Kier molecular flexibility index (Phi) is 4.34. The molecule has 1 aromatic rings. The Morgan fingerprint density at radius 1 is 1.05 bits per heavy atom. The van der Waals surface area contributed by atoms with Crippen LogP contribution in [0.1, 0.15) is 55.6 Å². The molecule has 1 nitrogen and oxygen atoms in total. The second kappa shape index (κ2) is 6.38. The molecule has 1 aliphatic carbocycles. The minimum absolute atomic E-state index is 0.826. The fourth-order valence-corrected chi connectivity index (χ4v) is 3.58. The second-order valence-corrected chi connectivity index (χ2v) is 6.03. The van der Waals surface area contributed by atoms with E-state index in [-0.39, 0.29) is 0 Å². The minimum Gasteiger partial charge on any atom is -0.313 e. The molecular formula is C18H25N. The van der Waals surface area contributed by atoms with E-state index in [0.29, 0.717) is 0 Å². The summed E-state index contributed by atoms with van der Waals surface area (Å²) in [5, 5.41) is 3.40. The number of hydrogen-bond donors (Lipinski definition) is 1. The van der Waals surface area contributed by atoms with Crippen molar-refractivity contribution >= 4 is 0 Å². The molecular weight excluding hydrogens is 230 g/mol. The molecule has 1 saturated carbocycles. The molecule has 1 fully saturated rings. The molecule has 1 N–H and O–H groups in total. The Balaban J connectivity index is 1.78. The van der Waals surface area contributed by atoms with Crippen LogP contribution in [0, 0.1) is 0 Å². The average Bonchev–Trinajstić information content (AvgIpc) is 2.50. The van der Waals surface area contributed by atoms with E-state index < -0.39 is 0 Å². The van der Waals surface area contributed by atoms with Crippen molar-refractivity contribution in [3.8, 4) is 0 Å². The largest absolute Gasteiger partial charge is 0.313 e. The van der Waals surface area contributed by atoms with Crippen LogP contribution in [-0.2, 0) is 6.42 Å². The van der Waals surface area contributed by atoms with Crippen LogP contribution < -0.4 is 5.32 Å². The van der Waals surface area contributed by atoms with Crippen LogP contribution in [0.5, 0.6) is 0 Å². The molecule has 102 valence electrons. The lowest BCUT2D eigenvalue weighted by Crippen LogP contribution is -2.21. The summed E-state index contributed by atoms with van der Waals surface area (Å²) in [6.07, 6.45) is 11.9. The maximum atomic E-state index is 3.40. The minimum atomic E-state index is 0.826. The predicted octanol–water partition coefficient (Wildman–Crippen LogP) is 4.20. The maximum Gasteiger partial charge on any atom is 0.0137 e. The Morgan fingerprint density at radius 2 is 1.89 bits per heavy atom. The van der Waals surface area contributed by atoms with Crippen LogP contribution >= 0.6 is 0 Å². The van der Waals surface area contributed by atoms with Gasteiger partial charge in [-0.05, 0) is 49.3 Å². The molecule has 3 rings (SSSR count). The van der Waals surface area contributed by atoms with Crippen molar-refractivity contribution in [3.05, 3.63) is 47.0 Å². The van der Waals surface area contributed by atoms with Gasteiger partial charge in [-0.2, -0.15) is 0 Å². The molecule has 1 heterocycles. The fraction of sp³-hybridized carbons (Fsp3) is 0.556. The summed E-state index contributed by atoms with van der Waals surface area (Å²) in [6, 6.07) is 9.17. The van der Waals surface area contributed by atoms with Gasteiger partial charge in [-0.25, -0.2) is 0 Å². The Morgan fingerprint density at radius 3 is 2.68 bits per heavy atom. The zero-order valence-electron chi connectivity index (χ0n) is 11.8. The molecule has 0 unspecified atom stereocenters. The van der Waals surface area contributed by atoms with Gasteiger partial charge in [-0.15, -0.1) is 0 Å². The molecule has 1 aliphatic heterocycles. The number of hydrogen-bond acceptors (Lipinski definition) is 1. The zero-order valence-corrected chi connectivity index (χ0v) is 11.8. The molecule has 1 heteroatoms. The third kappa shape index (κ3) is 3.27. The Hall–Kier alpha value is -1.08. The SMILES string of the molecule is C1=C(Cc2ccccc2C2CCCCC2)CCNC1. The van der Waals surface area contributed by atoms with Crippen molar-refractivity contribution in [1.82, 2.24) is 5.32 Å². The first-order valence-electron chi connectivity index (χ1n) is 7.90. The van der Waals surface area contributed by atoms with Gasteiger partial charge in [0, 0.05) is 6.54 Å². The van der Waals surface area contributed by atoms with Crippen molar-refractivity contribution < 1.29 is 0 Å². The number of benzene rings is 1. The lowest BCUT2D eigenvalue weighted by atomic mass is 9.81. The van der Waals surface area contributed by atoms with Crippen LogP contribution in [0.4, 0.5) is 0 Å². The van der Waals surface area contributed by atoms with E-state index in [1.165, 1.54) is 44.9 Å². The van der Waals surface area contributed by atoms with Crippen LogP contribution in [0.25, 0.3) is 0 Å². The van der Waals surface area contributed by atoms with Crippen LogP contribution in [-0.4, -0.2) is 13.1 Å². The highest BCUT2D eigenvalue weighted by atomic mass is 14.8. The molecule has 1 aromatic carbocycles. The van der Waals surface area contributed by atoms with E-state index in [9.17, 15) is 0 Å². The van der Waals surface area contributed by atoms with Gasteiger partial charge in [-0.1, -0.05) is 55.2 Å². The molecule has 2 aliphatic rings. The standard InChI is InChI=1S/C18H25N/c1-2-6-16(7-3-1)18-9-5-4-8-17(18)14-15-10-12-19-13-11-15/h4-5,8-10,16,19H,1-3,6-7,11-14H2. The maximum absolute atomic E-state index is 3.40. The molecule has 0 atom stereocenters. The first kappa shape index (κ1) is 12.9. The Bertz CT molecular complexity index is 441. The van der Waals surface area contributed by atoms with E-state index in [0.717, 1.165) is 19.0 Å². The summed E-state index contributed by atoms with van der Waals surface area (Å²) < 4.78 is 0. The molecule has 0 amide bonds. The summed E-state index contributed by atoms with van der Waals surface area (Å²) in [6.45, 7) is 2.21. The third-order valence-electron chi connectivity index (χ3n) is 4.68. The highest BCUT2D eigenvalue weighted by Crippen LogP contribution is 2.35. The van der Waals surface area contributed by atoms with Gasteiger partial charge in [0.05, 0.1) is 0 Å². The number of nitrogens with one attached hydrogen (secondary N) is 1. The molecule has 0 saturated heterocycles. The molecule has 0 bridgehead atoms. The topological polar surface area (TPSA) is 12.0 Å². The van der Waals surface area contributed by atoms with Crippen LogP contribution in [0.15, 0.2) is 35.9 Å². The van der Waals surface area contributed by atoms with E-state index in [2.05, 4.69) is 35.7 Å². The van der Waals surface area contributed by atoms with Crippen molar-refractivity contribution in [3.63, 3.8) is 0 Å². The average molecular weight is 255 g/mol. The second-order valence-electron chi connectivity index (χ2n) is 6.03. The summed E-state index contributed by atoms with van der Waals surface area (Å²) in [4.78, 5) is 0. The lowest BCUT2D eigenvalue weighted by molar-refractivity contribution is 0.442. The van der Waals surface area contributed by atoms with Crippen molar-refractivity contribution in [2.75, 3.05) is 13.1 Å². The van der Waals surface area contributed by atoms with Crippen molar-refractivity contribution in [1.29, 1.82) is 0 Å². The number of rotatable bonds is 3. The summed E-state index contributed by atoms with van der Waals surface area (Å²) in [7, 11) is 0. The van der Waals surface area contributed by atoms with Crippen molar-refractivity contribution in [2.24, 2.45) is 0 Å². The lowest BCUT2D eigenvalue weighted by Gasteiger charge is -2.25. The van der Waals surface area contributed by atoms with Gasteiger partial charge >= 0.3 is 0 Å². The van der Waals surface area contributed by atoms with E-state index >= 15 is 0 Å². The predicted molar refractivity (Wildman–Crippen MR) is 81.5 cm³/mol. The fourth-order valence-electron chi connectivity index (χ4n) is 3.58. The summed E-state index contributed by atoms with van der Waals surface area (Å²) >= 11 is 0. The monoisotopic (exact) mass is 255 g/mol. The summed E-state index contributed by atoms with van der Waals surface area (Å²) in [5.74, 6) is 0.826. The molecule has 0 spiro atoms. The zero-order chi connectivity index (χ0) is 12.9. The van der Waals surface area contributed by atoms with Crippen LogP contribution in [0.2, 0.25) is 0 Å². The van der Waals surface area contributed by atoms with Gasteiger partial charge in [0.15, 0.2) is 0 Å². The quantitative estimate of drug-likeness (QED) is 0.798. The van der Waals surface area contributed by atoms with Gasteiger partial charge in [0.1, 0.15) is 0 Å². The smallest absolute Gasteiger partial charge is 0.0137 e. The molecule has 0 aromatic heterocycles.